The molecule has 1 N–H and O–H groups in total. The lowest BCUT2D eigenvalue weighted by molar-refractivity contribution is -0.192. The van der Waals surface area contributed by atoms with Crippen molar-refractivity contribution in [1.29, 1.82) is 0 Å². The molecule has 1 aromatic rings. The number of rotatable bonds is 1. The number of anilines is 1. The Morgan fingerprint density at radius 1 is 1.21 bits per heavy atom. The number of carbonyl (C=O) groups excluding carboxylic acids is 1. The van der Waals surface area contributed by atoms with Crippen molar-refractivity contribution in [2.45, 2.75) is 38.5 Å². The van der Waals surface area contributed by atoms with Crippen LogP contribution >= 0.6 is 0 Å². The van der Waals surface area contributed by atoms with Gasteiger partial charge in [-0.2, -0.15) is 13.2 Å². The summed E-state index contributed by atoms with van der Waals surface area (Å²) in [6, 6.07) is 0. The number of likely N-dealkylation sites (tertiary alicyclic amines) is 1. The van der Waals surface area contributed by atoms with Gasteiger partial charge in [0.05, 0.1) is 19.7 Å². The van der Waals surface area contributed by atoms with Gasteiger partial charge in [0.2, 0.25) is 11.9 Å². The molecule has 0 aromatic carbocycles. The van der Waals surface area contributed by atoms with Gasteiger partial charge in [0.25, 0.3) is 0 Å². The molecule has 3 rings (SSSR count). The molecule has 3 heterocycles. The number of alkyl halides is 3. The van der Waals surface area contributed by atoms with Crippen molar-refractivity contribution in [1.82, 2.24) is 14.9 Å². The van der Waals surface area contributed by atoms with E-state index < -0.39 is 12.1 Å². The summed E-state index contributed by atoms with van der Waals surface area (Å²) in [5.74, 6) is -1.88. The minimum Gasteiger partial charge on any atom is -0.475 e. The Morgan fingerprint density at radius 3 is 2.36 bits per heavy atom. The fourth-order valence-corrected chi connectivity index (χ4v) is 3.18. The van der Waals surface area contributed by atoms with Crippen molar-refractivity contribution in [2.24, 2.45) is 0 Å². The molecule has 1 amide bonds. The fourth-order valence-electron chi connectivity index (χ4n) is 3.18. The van der Waals surface area contributed by atoms with Crippen LogP contribution in [0.3, 0.4) is 0 Å². The molecule has 28 heavy (non-hydrogen) atoms. The Morgan fingerprint density at radius 2 is 1.82 bits per heavy atom. The summed E-state index contributed by atoms with van der Waals surface area (Å²) in [7, 11) is 0. The van der Waals surface area contributed by atoms with Crippen LogP contribution in [0.2, 0.25) is 0 Å². The zero-order valence-corrected chi connectivity index (χ0v) is 15.7. The van der Waals surface area contributed by atoms with E-state index in [1.54, 1.807) is 6.92 Å². The van der Waals surface area contributed by atoms with E-state index in [2.05, 4.69) is 14.9 Å². The van der Waals surface area contributed by atoms with Crippen molar-refractivity contribution in [2.75, 3.05) is 37.7 Å². The number of halogens is 3. The number of amides is 1. The number of carbonyl (C=O) groups is 2. The van der Waals surface area contributed by atoms with Crippen LogP contribution in [0.5, 0.6) is 0 Å². The van der Waals surface area contributed by atoms with Crippen molar-refractivity contribution in [3.05, 3.63) is 18.0 Å². The van der Waals surface area contributed by atoms with E-state index in [0.29, 0.717) is 13.2 Å². The highest BCUT2D eigenvalue weighted by Crippen LogP contribution is 2.30. The zero-order valence-electron chi connectivity index (χ0n) is 15.7. The maximum Gasteiger partial charge on any atom is 0.490 e. The van der Waals surface area contributed by atoms with Crippen molar-refractivity contribution in [3.63, 3.8) is 0 Å². The lowest BCUT2D eigenvalue weighted by Gasteiger charge is -2.47. The second kappa shape index (κ2) is 8.72. The Kier molecular flexibility index (Phi) is 6.81. The predicted octanol–water partition coefficient (Wildman–Crippen LogP) is 1.64. The summed E-state index contributed by atoms with van der Waals surface area (Å²) in [6.45, 7) is 7.32. The molecular weight excluding hydrogens is 381 g/mol. The number of carboxylic acid groups (broad SMARTS) is 1. The summed E-state index contributed by atoms with van der Waals surface area (Å²) < 4.78 is 37.8. The number of carboxylic acids is 1. The summed E-state index contributed by atoms with van der Waals surface area (Å²) in [6.07, 6.45) is 0.571. The van der Waals surface area contributed by atoms with Crippen LogP contribution in [0.4, 0.5) is 19.1 Å². The number of piperidine rings is 1. The van der Waals surface area contributed by atoms with Gasteiger partial charge >= 0.3 is 12.1 Å². The molecule has 1 spiro atoms. The lowest BCUT2D eigenvalue weighted by atomic mass is 9.90. The Balaban J connectivity index is 0.000000345. The monoisotopic (exact) mass is 404 g/mol. The van der Waals surface area contributed by atoms with Crippen LogP contribution < -0.4 is 4.90 Å². The molecule has 11 heteroatoms. The smallest absolute Gasteiger partial charge is 0.475 e. The number of hydrogen-bond donors (Lipinski definition) is 1. The minimum absolute atomic E-state index is 0.126. The first-order chi connectivity index (χ1) is 13.0. The van der Waals surface area contributed by atoms with E-state index >= 15 is 0 Å². The molecule has 1 aromatic heterocycles. The normalized spacial score (nSPS) is 22.5. The van der Waals surface area contributed by atoms with E-state index in [9.17, 15) is 18.0 Å². The SMILES string of the molecule is CC(=O)N1CCCC2(C1)CN(c1ncc(C)cn1)CCO2.O=C(O)C(F)(F)F. The van der Waals surface area contributed by atoms with E-state index in [-0.39, 0.29) is 11.5 Å². The highest BCUT2D eigenvalue weighted by atomic mass is 19.4. The highest BCUT2D eigenvalue weighted by molar-refractivity contribution is 5.73. The van der Waals surface area contributed by atoms with Gasteiger partial charge in [0.15, 0.2) is 0 Å². The number of ether oxygens (including phenoxy) is 1. The molecular formula is C17H23F3N4O4. The third-order valence-corrected chi connectivity index (χ3v) is 4.53. The second-order valence-corrected chi connectivity index (χ2v) is 6.86. The van der Waals surface area contributed by atoms with Gasteiger partial charge in [-0.15, -0.1) is 0 Å². The van der Waals surface area contributed by atoms with Gasteiger partial charge in [0, 0.05) is 32.4 Å². The summed E-state index contributed by atoms with van der Waals surface area (Å²) in [4.78, 5) is 33.4. The van der Waals surface area contributed by atoms with Crippen LogP contribution in [-0.2, 0) is 14.3 Å². The van der Waals surface area contributed by atoms with Crippen LogP contribution in [0.25, 0.3) is 0 Å². The molecule has 0 bridgehead atoms. The van der Waals surface area contributed by atoms with Crippen molar-refractivity contribution in [3.8, 4) is 0 Å². The topological polar surface area (TPSA) is 95.9 Å². The summed E-state index contributed by atoms with van der Waals surface area (Å²) >= 11 is 0. The molecule has 2 aliphatic heterocycles. The maximum absolute atomic E-state index is 11.6. The van der Waals surface area contributed by atoms with Gasteiger partial charge in [0.1, 0.15) is 5.60 Å². The lowest BCUT2D eigenvalue weighted by Crippen LogP contribution is -2.60. The molecule has 0 aliphatic carbocycles. The quantitative estimate of drug-likeness (QED) is 0.760. The van der Waals surface area contributed by atoms with Crippen LogP contribution in [0, 0.1) is 6.92 Å². The van der Waals surface area contributed by atoms with E-state index in [1.165, 1.54) is 0 Å². The highest BCUT2D eigenvalue weighted by Gasteiger charge is 2.42. The van der Waals surface area contributed by atoms with Gasteiger partial charge in [-0.1, -0.05) is 0 Å². The van der Waals surface area contributed by atoms with Gasteiger partial charge in [-0.05, 0) is 25.3 Å². The van der Waals surface area contributed by atoms with Crippen molar-refractivity contribution >= 4 is 17.8 Å². The summed E-state index contributed by atoms with van der Waals surface area (Å²) in [5, 5.41) is 7.12. The average Bonchev–Trinajstić information content (AvgIpc) is 2.62. The first-order valence-electron chi connectivity index (χ1n) is 8.76. The molecule has 8 nitrogen and oxygen atoms in total. The molecule has 2 aliphatic rings. The number of aryl methyl sites for hydroxylation is 1. The Hall–Kier alpha value is -2.43. The first-order valence-corrected chi connectivity index (χ1v) is 8.76. The molecule has 1 unspecified atom stereocenters. The third-order valence-electron chi connectivity index (χ3n) is 4.53. The third kappa shape index (κ3) is 5.78. The maximum atomic E-state index is 11.6. The van der Waals surface area contributed by atoms with Gasteiger partial charge < -0.3 is 19.6 Å². The number of aromatic nitrogens is 2. The second-order valence-electron chi connectivity index (χ2n) is 6.86. The van der Waals surface area contributed by atoms with Crippen LogP contribution in [0.1, 0.15) is 25.3 Å². The molecule has 1 atom stereocenters. The van der Waals surface area contributed by atoms with Gasteiger partial charge in [-0.25, -0.2) is 14.8 Å². The number of morpholine rings is 1. The first kappa shape index (κ1) is 21.9. The van der Waals surface area contributed by atoms with Gasteiger partial charge in [-0.3, -0.25) is 4.79 Å². The average molecular weight is 404 g/mol. The van der Waals surface area contributed by atoms with E-state index in [1.807, 2.05) is 24.2 Å². The van der Waals surface area contributed by atoms with E-state index in [0.717, 1.165) is 44.0 Å². The fraction of sp³-hybridized carbons (Fsp3) is 0.647. The van der Waals surface area contributed by atoms with Crippen LogP contribution in [-0.4, -0.2) is 76.4 Å². The summed E-state index contributed by atoms with van der Waals surface area (Å²) in [5.41, 5.74) is 0.790. The van der Waals surface area contributed by atoms with Crippen LogP contribution in [0.15, 0.2) is 12.4 Å². The zero-order chi connectivity index (χ0) is 20.9. The molecule has 2 fully saturated rings. The minimum atomic E-state index is -5.08. The number of hydrogen-bond acceptors (Lipinski definition) is 6. The Bertz CT molecular complexity index is 695. The largest absolute Gasteiger partial charge is 0.490 e. The van der Waals surface area contributed by atoms with E-state index in [4.69, 9.17) is 14.6 Å². The predicted molar refractivity (Wildman–Crippen MR) is 92.8 cm³/mol. The molecule has 156 valence electrons. The molecule has 2 saturated heterocycles. The Labute approximate surface area is 160 Å². The standard InChI is InChI=1S/C15H22N4O2.C2HF3O2/c1-12-8-16-14(17-9-12)19-6-7-21-15(11-19)4-3-5-18(10-15)13(2)20;3-2(4,5)1(6)7/h8-9H,3-7,10-11H2,1-2H3;(H,6,7). The number of nitrogens with zero attached hydrogens (tertiary/aromatic N) is 4. The molecule has 0 radical (unpaired) electrons. The number of aliphatic carboxylic acids is 1. The van der Waals surface area contributed by atoms with Crippen molar-refractivity contribution < 1.29 is 32.6 Å². The molecule has 0 saturated carbocycles.